The summed E-state index contributed by atoms with van der Waals surface area (Å²) < 4.78 is 20.1. The van der Waals surface area contributed by atoms with Crippen LogP contribution >= 0.6 is 11.6 Å². The maximum atomic E-state index is 13.3. The lowest BCUT2D eigenvalue weighted by Gasteiger charge is -2.26. The van der Waals surface area contributed by atoms with Gasteiger partial charge in [-0.25, -0.2) is 9.18 Å². The lowest BCUT2D eigenvalue weighted by molar-refractivity contribution is 0.0531. The van der Waals surface area contributed by atoms with Gasteiger partial charge in [0.15, 0.2) is 0 Å². The quantitative estimate of drug-likeness (QED) is 0.824. The Bertz CT molecular complexity index is 778. The molecule has 1 aromatic heterocycles. The number of nitrogens with zero attached hydrogens (tertiary/aromatic N) is 2. The summed E-state index contributed by atoms with van der Waals surface area (Å²) in [5, 5.41) is 2.98. The van der Waals surface area contributed by atoms with Crippen LogP contribution < -0.4 is 5.32 Å². The molecule has 1 saturated carbocycles. The Hall–Kier alpha value is -2.02. The SMILES string of the molecule is CC(C)(C)OC(=O)NCC(=CF)Cn1cc2c(c1Cl)CCN(C1CC1)C2=O. The Kier molecular flexibility index (Phi) is 5.51. The smallest absolute Gasteiger partial charge is 0.407 e. The Morgan fingerprint density at radius 2 is 2.15 bits per heavy atom. The fraction of sp³-hybridized carbons (Fsp3) is 0.579. The van der Waals surface area contributed by atoms with Gasteiger partial charge in [-0.1, -0.05) is 11.6 Å². The van der Waals surface area contributed by atoms with Crippen LogP contribution in [0.3, 0.4) is 0 Å². The van der Waals surface area contributed by atoms with Gasteiger partial charge in [-0.15, -0.1) is 0 Å². The molecule has 27 heavy (non-hydrogen) atoms. The number of amides is 2. The van der Waals surface area contributed by atoms with Crippen molar-refractivity contribution in [1.82, 2.24) is 14.8 Å². The maximum Gasteiger partial charge on any atom is 0.407 e. The molecule has 1 fully saturated rings. The van der Waals surface area contributed by atoms with E-state index in [4.69, 9.17) is 16.3 Å². The fourth-order valence-corrected chi connectivity index (χ4v) is 3.49. The van der Waals surface area contributed by atoms with Gasteiger partial charge in [-0.3, -0.25) is 4.79 Å². The van der Waals surface area contributed by atoms with E-state index in [0.717, 1.165) is 18.4 Å². The van der Waals surface area contributed by atoms with E-state index in [1.165, 1.54) is 0 Å². The number of rotatable bonds is 5. The number of hydrogen-bond donors (Lipinski definition) is 1. The van der Waals surface area contributed by atoms with E-state index in [9.17, 15) is 14.0 Å². The second kappa shape index (κ2) is 7.54. The van der Waals surface area contributed by atoms with E-state index in [1.807, 2.05) is 4.90 Å². The summed E-state index contributed by atoms with van der Waals surface area (Å²) in [6, 6.07) is 0.354. The van der Waals surface area contributed by atoms with Crippen molar-refractivity contribution in [1.29, 1.82) is 0 Å². The van der Waals surface area contributed by atoms with Gasteiger partial charge in [0.05, 0.1) is 11.9 Å². The molecule has 8 heteroatoms. The van der Waals surface area contributed by atoms with Gasteiger partial charge in [0.1, 0.15) is 10.8 Å². The zero-order valence-electron chi connectivity index (χ0n) is 15.8. The van der Waals surface area contributed by atoms with Crippen molar-refractivity contribution in [2.24, 2.45) is 0 Å². The molecule has 1 aliphatic heterocycles. The van der Waals surface area contributed by atoms with E-state index in [-0.39, 0.29) is 19.0 Å². The minimum atomic E-state index is -0.625. The second-order valence-electron chi connectivity index (χ2n) is 8.04. The number of aromatic nitrogens is 1. The van der Waals surface area contributed by atoms with Gasteiger partial charge in [0.25, 0.3) is 5.91 Å². The Balaban J connectivity index is 1.65. The van der Waals surface area contributed by atoms with Crippen LogP contribution in [-0.4, -0.2) is 46.2 Å². The summed E-state index contributed by atoms with van der Waals surface area (Å²) >= 11 is 6.43. The fourth-order valence-electron chi connectivity index (χ4n) is 3.18. The Morgan fingerprint density at radius 1 is 1.44 bits per heavy atom. The number of hydrogen-bond acceptors (Lipinski definition) is 3. The molecular formula is C19H25ClFN3O3. The van der Waals surface area contributed by atoms with Crippen molar-refractivity contribution in [3.8, 4) is 0 Å². The number of fused-ring (bicyclic) bond motifs is 1. The van der Waals surface area contributed by atoms with Crippen molar-refractivity contribution in [2.45, 2.75) is 58.2 Å². The van der Waals surface area contributed by atoms with Crippen LogP contribution in [0.5, 0.6) is 0 Å². The topological polar surface area (TPSA) is 63.6 Å². The molecule has 2 heterocycles. The number of carbonyl (C=O) groups excluding carboxylic acids is 2. The first-order valence-corrected chi connectivity index (χ1v) is 9.51. The van der Waals surface area contributed by atoms with Gasteiger partial charge in [0.2, 0.25) is 0 Å². The first-order chi connectivity index (χ1) is 12.7. The van der Waals surface area contributed by atoms with Gasteiger partial charge >= 0.3 is 6.09 Å². The zero-order valence-corrected chi connectivity index (χ0v) is 16.6. The van der Waals surface area contributed by atoms with Crippen molar-refractivity contribution in [2.75, 3.05) is 13.1 Å². The zero-order chi connectivity index (χ0) is 19.8. The third-order valence-corrected chi connectivity index (χ3v) is 5.02. The van der Waals surface area contributed by atoms with E-state index in [2.05, 4.69) is 5.32 Å². The van der Waals surface area contributed by atoms with Crippen LogP contribution in [0.4, 0.5) is 9.18 Å². The van der Waals surface area contributed by atoms with E-state index >= 15 is 0 Å². The van der Waals surface area contributed by atoms with Crippen LogP contribution in [0.25, 0.3) is 0 Å². The third-order valence-electron chi connectivity index (χ3n) is 4.58. The summed E-state index contributed by atoms with van der Waals surface area (Å²) in [6.45, 7) is 6.08. The molecule has 2 aliphatic rings. The van der Waals surface area contributed by atoms with Crippen LogP contribution in [0.2, 0.25) is 5.15 Å². The molecule has 0 saturated heterocycles. The monoisotopic (exact) mass is 397 g/mol. The van der Waals surface area contributed by atoms with Crippen molar-refractivity contribution in [3.63, 3.8) is 0 Å². The van der Waals surface area contributed by atoms with Crippen molar-refractivity contribution < 1.29 is 18.7 Å². The summed E-state index contributed by atoms with van der Waals surface area (Å²) in [7, 11) is 0. The van der Waals surface area contributed by atoms with E-state index in [0.29, 0.717) is 41.6 Å². The van der Waals surface area contributed by atoms with Gasteiger partial charge < -0.3 is 19.5 Å². The van der Waals surface area contributed by atoms with Crippen LogP contribution in [-0.2, 0) is 17.7 Å². The Morgan fingerprint density at radius 3 is 2.74 bits per heavy atom. The van der Waals surface area contributed by atoms with Gasteiger partial charge in [0, 0.05) is 37.4 Å². The first-order valence-electron chi connectivity index (χ1n) is 9.13. The molecule has 0 spiro atoms. The minimum Gasteiger partial charge on any atom is -0.444 e. The number of halogens is 2. The molecule has 1 aliphatic carbocycles. The van der Waals surface area contributed by atoms with E-state index < -0.39 is 11.7 Å². The molecule has 0 bridgehead atoms. The molecule has 0 aromatic carbocycles. The molecule has 1 aromatic rings. The van der Waals surface area contributed by atoms with E-state index in [1.54, 1.807) is 31.5 Å². The molecule has 0 radical (unpaired) electrons. The Labute approximate surface area is 163 Å². The summed E-state index contributed by atoms with van der Waals surface area (Å²) in [6.07, 6.45) is 4.33. The normalized spacial score (nSPS) is 17.7. The molecule has 148 valence electrons. The van der Waals surface area contributed by atoms with Crippen molar-refractivity contribution in [3.05, 3.63) is 34.4 Å². The van der Waals surface area contributed by atoms with Crippen LogP contribution in [0, 0.1) is 0 Å². The highest BCUT2D eigenvalue weighted by atomic mass is 35.5. The summed E-state index contributed by atoms with van der Waals surface area (Å²) in [5.74, 6) is -0.00272. The molecule has 0 atom stereocenters. The number of nitrogens with one attached hydrogen (secondary N) is 1. The average molecular weight is 398 g/mol. The predicted octanol–water partition coefficient (Wildman–Crippen LogP) is 3.68. The average Bonchev–Trinajstić information content (AvgIpc) is 3.36. The van der Waals surface area contributed by atoms with Gasteiger partial charge in [-0.2, -0.15) is 0 Å². The second-order valence-corrected chi connectivity index (χ2v) is 8.40. The molecule has 6 nitrogen and oxygen atoms in total. The lowest BCUT2D eigenvalue weighted by atomic mass is 10.0. The number of carbonyl (C=O) groups is 2. The lowest BCUT2D eigenvalue weighted by Crippen LogP contribution is -2.38. The molecule has 0 unspecified atom stereocenters. The standard InChI is InChI=1S/C19H25ClFN3O3/c1-19(2,3)27-18(26)22-9-12(8-21)10-23-11-15-14(16(23)20)6-7-24(17(15)25)13-4-5-13/h8,11,13H,4-7,9-10H2,1-3H3,(H,22,26). The van der Waals surface area contributed by atoms with Crippen molar-refractivity contribution >= 4 is 23.6 Å². The molecule has 1 N–H and O–H groups in total. The maximum absolute atomic E-state index is 13.3. The minimum absolute atomic E-state index is 0.00272. The predicted molar refractivity (Wildman–Crippen MR) is 101 cm³/mol. The third kappa shape index (κ3) is 4.64. The highest BCUT2D eigenvalue weighted by molar-refractivity contribution is 6.31. The van der Waals surface area contributed by atoms with Gasteiger partial charge in [-0.05, 0) is 45.6 Å². The van der Waals surface area contributed by atoms with Crippen LogP contribution in [0.1, 0.15) is 49.5 Å². The summed E-state index contributed by atoms with van der Waals surface area (Å²) in [5.41, 5.74) is 1.11. The molecule has 3 rings (SSSR count). The first kappa shape index (κ1) is 19.7. The number of ether oxygens (including phenoxy) is 1. The number of alkyl carbamates (subject to hydrolysis) is 1. The highest BCUT2D eigenvalue weighted by Crippen LogP contribution is 2.35. The summed E-state index contributed by atoms with van der Waals surface area (Å²) in [4.78, 5) is 26.3. The molecular weight excluding hydrogens is 373 g/mol. The van der Waals surface area contributed by atoms with Crippen LogP contribution in [0.15, 0.2) is 18.1 Å². The molecule has 2 amide bonds. The largest absolute Gasteiger partial charge is 0.444 e. The highest BCUT2D eigenvalue weighted by Gasteiger charge is 2.37.